The van der Waals surface area contributed by atoms with Crippen LogP contribution in [0.4, 0.5) is 0 Å². The number of fused-ring (bicyclic) bond motifs is 1. The molecule has 2 aromatic heterocycles. The van der Waals surface area contributed by atoms with Crippen molar-refractivity contribution in [3.05, 3.63) is 59.0 Å². The Morgan fingerprint density at radius 3 is 2.59 bits per heavy atom. The van der Waals surface area contributed by atoms with E-state index in [1.54, 1.807) is 14.2 Å². The lowest BCUT2D eigenvalue weighted by Crippen LogP contribution is -2.31. The summed E-state index contributed by atoms with van der Waals surface area (Å²) in [4.78, 5) is 15.4. The summed E-state index contributed by atoms with van der Waals surface area (Å²) >= 11 is 0. The maximum atomic E-state index is 13.5. The van der Waals surface area contributed by atoms with E-state index in [0.29, 0.717) is 13.2 Å². The zero-order valence-corrected chi connectivity index (χ0v) is 19.4. The normalized spacial score (nSPS) is 13.7. The molecule has 0 N–H and O–H groups in total. The van der Waals surface area contributed by atoms with Gasteiger partial charge in [0.1, 0.15) is 5.75 Å². The monoisotopic (exact) mass is 436 g/mol. The third-order valence-electron chi connectivity index (χ3n) is 6.22. The van der Waals surface area contributed by atoms with Gasteiger partial charge >= 0.3 is 0 Å². The van der Waals surface area contributed by atoms with Crippen molar-refractivity contribution in [1.29, 1.82) is 0 Å². The van der Waals surface area contributed by atoms with Crippen molar-refractivity contribution in [2.24, 2.45) is 0 Å². The van der Waals surface area contributed by atoms with Crippen LogP contribution in [0.2, 0.25) is 0 Å². The molecule has 32 heavy (non-hydrogen) atoms. The van der Waals surface area contributed by atoms with Crippen LogP contribution in [0.3, 0.4) is 0 Å². The standard InChI is InChI=1S/C25H32N4O3/c1-18-15-23(19(2)28(18)12-6-14-31-3)25(30)27-11-5-13-29-21(17-27)16-24(26-29)20-7-9-22(32-4)10-8-20/h7-10,15-16H,5-6,11-14,17H2,1-4H3. The summed E-state index contributed by atoms with van der Waals surface area (Å²) in [7, 11) is 3.38. The van der Waals surface area contributed by atoms with E-state index in [9.17, 15) is 4.79 Å². The predicted molar refractivity (Wildman–Crippen MR) is 124 cm³/mol. The van der Waals surface area contributed by atoms with Crippen LogP contribution in [-0.2, 0) is 24.4 Å². The first kappa shape index (κ1) is 22.1. The minimum Gasteiger partial charge on any atom is -0.497 e. The van der Waals surface area contributed by atoms with Gasteiger partial charge in [0, 0.05) is 50.3 Å². The first-order chi connectivity index (χ1) is 15.5. The molecule has 0 atom stereocenters. The summed E-state index contributed by atoms with van der Waals surface area (Å²) in [6, 6.07) is 12.0. The molecule has 0 spiro atoms. The van der Waals surface area contributed by atoms with Crippen LogP contribution in [0, 0.1) is 13.8 Å². The van der Waals surface area contributed by atoms with Gasteiger partial charge in [0.25, 0.3) is 5.91 Å². The smallest absolute Gasteiger partial charge is 0.256 e. The van der Waals surface area contributed by atoms with Gasteiger partial charge in [-0.15, -0.1) is 0 Å². The number of ether oxygens (including phenoxy) is 2. The molecule has 4 rings (SSSR count). The average molecular weight is 437 g/mol. The molecular formula is C25H32N4O3. The number of amides is 1. The van der Waals surface area contributed by atoms with E-state index in [0.717, 1.165) is 72.1 Å². The molecule has 170 valence electrons. The van der Waals surface area contributed by atoms with E-state index in [1.165, 1.54) is 0 Å². The van der Waals surface area contributed by atoms with Crippen LogP contribution in [0.1, 0.15) is 40.3 Å². The lowest BCUT2D eigenvalue weighted by Gasteiger charge is -2.20. The topological polar surface area (TPSA) is 61.5 Å². The number of nitrogens with zero attached hydrogens (tertiary/aromatic N) is 4. The Labute approximate surface area is 189 Å². The highest BCUT2D eigenvalue weighted by molar-refractivity contribution is 5.95. The number of aryl methyl sites for hydroxylation is 2. The van der Waals surface area contributed by atoms with E-state index < -0.39 is 0 Å². The minimum absolute atomic E-state index is 0.0942. The largest absolute Gasteiger partial charge is 0.497 e. The maximum absolute atomic E-state index is 13.5. The Morgan fingerprint density at radius 1 is 1.09 bits per heavy atom. The summed E-state index contributed by atoms with van der Waals surface area (Å²) in [5.41, 5.74) is 5.97. The molecular weight excluding hydrogens is 404 g/mol. The number of carbonyl (C=O) groups is 1. The fraction of sp³-hybridized carbons (Fsp3) is 0.440. The summed E-state index contributed by atoms with van der Waals surface area (Å²) in [5, 5.41) is 4.80. The molecule has 0 saturated carbocycles. The highest BCUT2D eigenvalue weighted by Crippen LogP contribution is 2.25. The van der Waals surface area contributed by atoms with Crippen molar-refractivity contribution >= 4 is 5.91 Å². The number of hydrogen-bond donors (Lipinski definition) is 0. The van der Waals surface area contributed by atoms with Crippen LogP contribution in [0.25, 0.3) is 11.3 Å². The zero-order chi connectivity index (χ0) is 22.7. The molecule has 3 aromatic rings. The lowest BCUT2D eigenvalue weighted by atomic mass is 10.1. The highest BCUT2D eigenvalue weighted by atomic mass is 16.5. The van der Waals surface area contributed by atoms with Crippen LogP contribution < -0.4 is 4.74 Å². The molecule has 0 aliphatic carbocycles. The molecule has 0 bridgehead atoms. The van der Waals surface area contributed by atoms with Gasteiger partial charge < -0.3 is 18.9 Å². The summed E-state index contributed by atoms with van der Waals surface area (Å²) in [6.45, 7) is 7.78. The van der Waals surface area contributed by atoms with Gasteiger partial charge in [0.15, 0.2) is 0 Å². The van der Waals surface area contributed by atoms with Gasteiger partial charge in [0.2, 0.25) is 0 Å². The Hall–Kier alpha value is -3.06. The fourth-order valence-corrected chi connectivity index (χ4v) is 4.44. The Balaban J connectivity index is 1.53. The average Bonchev–Trinajstić information content (AvgIpc) is 3.26. The molecule has 1 aliphatic rings. The fourth-order valence-electron chi connectivity index (χ4n) is 4.44. The molecule has 0 radical (unpaired) electrons. The maximum Gasteiger partial charge on any atom is 0.256 e. The van der Waals surface area contributed by atoms with Gasteiger partial charge in [-0.05, 0) is 63.1 Å². The quantitative estimate of drug-likeness (QED) is 0.524. The van der Waals surface area contributed by atoms with E-state index in [4.69, 9.17) is 14.6 Å². The second-order valence-electron chi connectivity index (χ2n) is 8.34. The molecule has 7 nitrogen and oxygen atoms in total. The van der Waals surface area contributed by atoms with Crippen LogP contribution in [0.15, 0.2) is 36.4 Å². The minimum atomic E-state index is 0.0942. The second-order valence-corrected chi connectivity index (χ2v) is 8.34. The lowest BCUT2D eigenvalue weighted by molar-refractivity contribution is 0.0745. The number of rotatable bonds is 7. The Kier molecular flexibility index (Phi) is 6.65. The summed E-state index contributed by atoms with van der Waals surface area (Å²) < 4.78 is 14.7. The first-order valence-electron chi connectivity index (χ1n) is 11.2. The highest BCUT2D eigenvalue weighted by Gasteiger charge is 2.25. The number of aromatic nitrogens is 3. The van der Waals surface area contributed by atoms with Gasteiger partial charge in [-0.25, -0.2) is 0 Å². The molecule has 1 aliphatic heterocycles. The Bertz CT molecular complexity index is 1080. The van der Waals surface area contributed by atoms with Crippen molar-refractivity contribution in [2.75, 3.05) is 27.4 Å². The van der Waals surface area contributed by atoms with Gasteiger partial charge in [-0.2, -0.15) is 5.10 Å². The zero-order valence-electron chi connectivity index (χ0n) is 19.4. The van der Waals surface area contributed by atoms with Crippen LogP contribution >= 0.6 is 0 Å². The number of hydrogen-bond acceptors (Lipinski definition) is 4. The number of carbonyl (C=O) groups excluding carboxylic acids is 1. The SMILES string of the molecule is COCCCn1c(C)cc(C(=O)N2CCCn3nc(-c4ccc(OC)cc4)cc3C2)c1C. The molecule has 1 aromatic carbocycles. The van der Waals surface area contributed by atoms with E-state index in [2.05, 4.69) is 17.6 Å². The molecule has 3 heterocycles. The third-order valence-corrected chi connectivity index (χ3v) is 6.22. The molecule has 0 fully saturated rings. The van der Waals surface area contributed by atoms with E-state index >= 15 is 0 Å². The summed E-state index contributed by atoms with van der Waals surface area (Å²) in [5.74, 6) is 0.919. The predicted octanol–water partition coefficient (Wildman–Crippen LogP) is 4.06. The van der Waals surface area contributed by atoms with Gasteiger partial charge in [-0.3, -0.25) is 9.48 Å². The van der Waals surface area contributed by atoms with E-state index in [-0.39, 0.29) is 5.91 Å². The van der Waals surface area contributed by atoms with E-state index in [1.807, 2.05) is 46.8 Å². The number of benzene rings is 1. The molecule has 1 amide bonds. The van der Waals surface area contributed by atoms with Crippen molar-refractivity contribution in [1.82, 2.24) is 19.2 Å². The van der Waals surface area contributed by atoms with Crippen molar-refractivity contribution in [2.45, 2.75) is 46.3 Å². The number of methoxy groups -OCH3 is 2. The first-order valence-corrected chi connectivity index (χ1v) is 11.2. The van der Waals surface area contributed by atoms with Crippen LogP contribution in [-0.4, -0.2) is 52.5 Å². The third kappa shape index (κ3) is 4.43. The second kappa shape index (κ2) is 9.61. The van der Waals surface area contributed by atoms with Crippen molar-refractivity contribution in [3.8, 4) is 17.0 Å². The van der Waals surface area contributed by atoms with Gasteiger partial charge in [0.05, 0.1) is 30.6 Å². The molecule has 0 saturated heterocycles. The van der Waals surface area contributed by atoms with Crippen LogP contribution in [0.5, 0.6) is 5.75 Å². The van der Waals surface area contributed by atoms with Crippen molar-refractivity contribution < 1.29 is 14.3 Å². The summed E-state index contributed by atoms with van der Waals surface area (Å²) in [6.07, 6.45) is 1.81. The Morgan fingerprint density at radius 2 is 1.88 bits per heavy atom. The van der Waals surface area contributed by atoms with Crippen molar-refractivity contribution in [3.63, 3.8) is 0 Å². The van der Waals surface area contributed by atoms with Gasteiger partial charge in [-0.1, -0.05) is 0 Å². The molecule has 7 heteroatoms. The molecule has 0 unspecified atom stereocenters.